The summed E-state index contributed by atoms with van der Waals surface area (Å²) in [6.45, 7) is 4.69. The molecule has 2 unspecified atom stereocenters. The van der Waals surface area contributed by atoms with E-state index in [2.05, 4.69) is 19.2 Å². The van der Waals surface area contributed by atoms with Crippen molar-refractivity contribution in [2.75, 3.05) is 13.2 Å². The molecule has 0 spiro atoms. The molecule has 6 nitrogen and oxygen atoms in total. The molecule has 6 heteroatoms. The second kappa shape index (κ2) is 8.95. The highest BCUT2D eigenvalue weighted by Gasteiger charge is 2.34. The molecule has 1 aliphatic heterocycles. The van der Waals surface area contributed by atoms with Gasteiger partial charge in [0, 0.05) is 24.2 Å². The molecule has 28 heavy (non-hydrogen) atoms. The van der Waals surface area contributed by atoms with Crippen molar-refractivity contribution in [3.63, 3.8) is 0 Å². The number of ether oxygens (including phenoxy) is 1. The van der Waals surface area contributed by atoms with Crippen molar-refractivity contribution in [1.82, 2.24) is 10.2 Å². The number of nitrogens with zero attached hydrogens (tertiary/aromatic N) is 1. The van der Waals surface area contributed by atoms with E-state index in [4.69, 9.17) is 10.5 Å². The highest BCUT2D eigenvalue weighted by atomic mass is 16.5. The number of rotatable bonds is 6. The van der Waals surface area contributed by atoms with E-state index >= 15 is 0 Å². The summed E-state index contributed by atoms with van der Waals surface area (Å²) in [5.41, 5.74) is 6.21. The molecule has 2 atom stereocenters. The molecule has 2 amide bonds. The fourth-order valence-electron chi connectivity index (χ4n) is 4.58. The molecule has 1 heterocycles. The largest absolute Gasteiger partial charge is 0.484 e. The van der Waals surface area contributed by atoms with Gasteiger partial charge in [0.2, 0.25) is 0 Å². The third-order valence-corrected chi connectivity index (χ3v) is 6.29. The van der Waals surface area contributed by atoms with Crippen LogP contribution in [0.3, 0.4) is 0 Å². The molecule has 0 aromatic heterocycles. The number of hydrogen-bond donors (Lipinski definition) is 2. The van der Waals surface area contributed by atoms with Gasteiger partial charge in [-0.1, -0.05) is 12.8 Å². The summed E-state index contributed by atoms with van der Waals surface area (Å²) < 4.78 is 5.68. The molecular weight excluding hydrogens is 354 g/mol. The van der Waals surface area contributed by atoms with Gasteiger partial charge >= 0.3 is 0 Å². The van der Waals surface area contributed by atoms with E-state index in [1.165, 1.54) is 6.42 Å². The first-order valence-electron chi connectivity index (χ1n) is 10.5. The Labute approximate surface area is 167 Å². The number of carbonyl (C=O) groups excluding carboxylic acids is 2. The molecule has 0 bridgehead atoms. The zero-order chi connectivity index (χ0) is 20.1. The molecule has 1 aromatic rings. The third kappa shape index (κ3) is 4.66. The molecule has 2 aliphatic rings. The summed E-state index contributed by atoms with van der Waals surface area (Å²) in [4.78, 5) is 27.1. The average Bonchev–Trinajstić information content (AvgIpc) is 3.15. The molecule has 1 saturated carbocycles. The molecular formula is C22H33N3O3. The fraction of sp³-hybridized carbons (Fsp3) is 0.636. The van der Waals surface area contributed by atoms with E-state index < -0.39 is 0 Å². The number of carbonyl (C=O) groups is 2. The molecule has 1 saturated heterocycles. The summed E-state index contributed by atoms with van der Waals surface area (Å²) in [7, 11) is 0. The van der Waals surface area contributed by atoms with Gasteiger partial charge in [0.05, 0.1) is 5.54 Å². The topological polar surface area (TPSA) is 84.7 Å². The summed E-state index contributed by atoms with van der Waals surface area (Å²) in [6, 6.07) is 7.48. The number of nitrogens with two attached hydrogens (primary N) is 1. The molecule has 1 aliphatic carbocycles. The van der Waals surface area contributed by atoms with Gasteiger partial charge in [0.25, 0.3) is 11.8 Å². The van der Waals surface area contributed by atoms with Gasteiger partial charge in [-0.2, -0.15) is 0 Å². The number of hydrogen-bond acceptors (Lipinski definition) is 4. The minimum atomic E-state index is -0.263. The maximum Gasteiger partial charge on any atom is 0.260 e. The number of nitrogens with one attached hydrogen (secondary N) is 1. The normalized spacial score (nSPS) is 24.0. The predicted octanol–water partition coefficient (Wildman–Crippen LogP) is 2.86. The van der Waals surface area contributed by atoms with E-state index in [-0.39, 0.29) is 36.0 Å². The van der Waals surface area contributed by atoms with Crippen LogP contribution in [0.25, 0.3) is 0 Å². The van der Waals surface area contributed by atoms with Gasteiger partial charge in [0.15, 0.2) is 6.61 Å². The highest BCUT2D eigenvalue weighted by molar-refractivity contribution is 5.94. The predicted molar refractivity (Wildman–Crippen MR) is 109 cm³/mol. The van der Waals surface area contributed by atoms with Crippen LogP contribution in [0, 0.1) is 0 Å². The van der Waals surface area contributed by atoms with Crippen LogP contribution < -0.4 is 15.8 Å². The van der Waals surface area contributed by atoms with Crippen LogP contribution in [-0.2, 0) is 4.79 Å². The van der Waals surface area contributed by atoms with Crippen molar-refractivity contribution in [1.29, 1.82) is 0 Å². The van der Waals surface area contributed by atoms with Gasteiger partial charge < -0.3 is 20.7 Å². The zero-order valence-corrected chi connectivity index (χ0v) is 17.1. The lowest BCUT2D eigenvalue weighted by Gasteiger charge is -2.38. The molecule has 3 N–H and O–H groups in total. The van der Waals surface area contributed by atoms with Crippen LogP contribution >= 0.6 is 0 Å². The second-order valence-electron chi connectivity index (χ2n) is 8.39. The molecule has 0 radical (unpaired) electrons. The maximum absolute atomic E-state index is 12.6. The van der Waals surface area contributed by atoms with E-state index in [0.717, 1.165) is 38.5 Å². The van der Waals surface area contributed by atoms with Crippen molar-refractivity contribution < 1.29 is 14.3 Å². The van der Waals surface area contributed by atoms with E-state index in [1.54, 1.807) is 24.3 Å². The number of amides is 2. The van der Waals surface area contributed by atoms with Crippen molar-refractivity contribution >= 4 is 11.8 Å². The van der Waals surface area contributed by atoms with E-state index in [9.17, 15) is 9.59 Å². The minimum Gasteiger partial charge on any atom is -0.484 e. The van der Waals surface area contributed by atoms with E-state index in [1.807, 2.05) is 4.90 Å². The van der Waals surface area contributed by atoms with Crippen molar-refractivity contribution in [3.05, 3.63) is 29.8 Å². The first-order chi connectivity index (χ1) is 13.4. The molecule has 1 aromatic carbocycles. The molecule has 154 valence electrons. The van der Waals surface area contributed by atoms with Crippen LogP contribution in [0.2, 0.25) is 0 Å². The van der Waals surface area contributed by atoms with Gasteiger partial charge in [-0.05, 0) is 70.2 Å². The fourth-order valence-corrected chi connectivity index (χ4v) is 4.58. The SMILES string of the molecule is CC1CCCC(C)N1C(=O)COc1ccc(C(=O)NC2(CN)CCCC2)cc1. The summed E-state index contributed by atoms with van der Waals surface area (Å²) in [6.07, 6.45) is 7.34. The van der Waals surface area contributed by atoms with Crippen LogP contribution in [0.1, 0.15) is 69.2 Å². The number of benzene rings is 1. The quantitative estimate of drug-likeness (QED) is 0.786. The van der Waals surface area contributed by atoms with Gasteiger partial charge in [-0.25, -0.2) is 0 Å². The summed E-state index contributed by atoms with van der Waals surface area (Å²) >= 11 is 0. The van der Waals surface area contributed by atoms with E-state index in [0.29, 0.717) is 17.9 Å². The molecule has 2 fully saturated rings. The van der Waals surface area contributed by atoms with Crippen LogP contribution in [-0.4, -0.2) is 47.5 Å². The number of piperidine rings is 1. The van der Waals surface area contributed by atoms with Crippen molar-refractivity contribution in [2.45, 2.75) is 76.4 Å². The van der Waals surface area contributed by atoms with Crippen LogP contribution in [0.5, 0.6) is 5.75 Å². The monoisotopic (exact) mass is 387 g/mol. The Morgan fingerprint density at radius 3 is 2.29 bits per heavy atom. The average molecular weight is 388 g/mol. The Hall–Kier alpha value is -2.08. The second-order valence-corrected chi connectivity index (χ2v) is 8.39. The van der Waals surface area contributed by atoms with Gasteiger partial charge in [0.1, 0.15) is 5.75 Å². The first kappa shape index (κ1) is 20.6. The lowest BCUT2D eigenvalue weighted by molar-refractivity contribution is -0.139. The number of likely N-dealkylation sites (tertiary alicyclic amines) is 1. The van der Waals surface area contributed by atoms with Gasteiger partial charge in [-0.3, -0.25) is 9.59 Å². The highest BCUT2D eigenvalue weighted by Crippen LogP contribution is 2.29. The maximum atomic E-state index is 12.6. The lowest BCUT2D eigenvalue weighted by atomic mass is 9.97. The Morgan fingerprint density at radius 2 is 1.71 bits per heavy atom. The standard InChI is InChI=1S/C22H33N3O3/c1-16-6-5-7-17(2)25(16)20(26)14-28-19-10-8-18(9-11-19)21(27)24-22(15-23)12-3-4-13-22/h8-11,16-17H,3-7,12-15,23H2,1-2H3,(H,24,27). The smallest absolute Gasteiger partial charge is 0.260 e. The Kier molecular flexibility index (Phi) is 6.60. The summed E-state index contributed by atoms with van der Waals surface area (Å²) in [5, 5.41) is 3.12. The summed E-state index contributed by atoms with van der Waals surface area (Å²) in [5.74, 6) is 0.509. The Morgan fingerprint density at radius 1 is 1.11 bits per heavy atom. The third-order valence-electron chi connectivity index (χ3n) is 6.29. The minimum absolute atomic E-state index is 0.0210. The zero-order valence-electron chi connectivity index (χ0n) is 17.1. The Bertz CT molecular complexity index is 673. The van der Waals surface area contributed by atoms with Crippen LogP contribution in [0.15, 0.2) is 24.3 Å². The van der Waals surface area contributed by atoms with Crippen molar-refractivity contribution in [2.24, 2.45) is 5.73 Å². The van der Waals surface area contributed by atoms with Gasteiger partial charge in [-0.15, -0.1) is 0 Å². The first-order valence-corrected chi connectivity index (χ1v) is 10.5. The van der Waals surface area contributed by atoms with Crippen molar-refractivity contribution in [3.8, 4) is 5.75 Å². The molecule has 3 rings (SSSR count). The lowest BCUT2D eigenvalue weighted by Crippen LogP contribution is -2.51. The Balaban J connectivity index is 1.54. The van der Waals surface area contributed by atoms with Crippen LogP contribution in [0.4, 0.5) is 0 Å².